The molecule has 0 radical (unpaired) electrons. The number of halogens is 3. The van der Waals surface area contributed by atoms with Crippen molar-refractivity contribution in [3.63, 3.8) is 0 Å². The molecule has 0 aliphatic heterocycles. The summed E-state index contributed by atoms with van der Waals surface area (Å²) in [6.07, 6.45) is 0.572. The number of carbonyl (C=O) groups excluding carboxylic acids is 1. The molecule has 1 aromatic rings. The van der Waals surface area contributed by atoms with Gasteiger partial charge < -0.3 is 11.1 Å². The fourth-order valence-electron chi connectivity index (χ4n) is 1.34. The van der Waals surface area contributed by atoms with E-state index in [0.29, 0.717) is 13.0 Å². The number of hydrogen-bond donors (Lipinski definition) is 2. The van der Waals surface area contributed by atoms with E-state index in [1.54, 1.807) is 0 Å². The molecule has 0 bridgehead atoms. The Morgan fingerprint density at radius 3 is 2.67 bits per heavy atom. The molecule has 102 valence electrons. The zero-order valence-corrected chi connectivity index (χ0v) is 10.9. The highest BCUT2D eigenvalue weighted by Gasteiger charge is 2.08. The van der Waals surface area contributed by atoms with Gasteiger partial charge in [0.2, 0.25) is 5.91 Å². The van der Waals surface area contributed by atoms with Crippen molar-refractivity contribution in [2.45, 2.75) is 25.8 Å². The van der Waals surface area contributed by atoms with Crippen molar-refractivity contribution in [3.05, 3.63) is 35.4 Å². The van der Waals surface area contributed by atoms with Crippen molar-refractivity contribution < 1.29 is 13.6 Å². The summed E-state index contributed by atoms with van der Waals surface area (Å²) in [6, 6.07) is 3.19. The Bertz CT molecular complexity index is 400. The van der Waals surface area contributed by atoms with Gasteiger partial charge in [-0.15, -0.1) is 12.4 Å². The van der Waals surface area contributed by atoms with Crippen LogP contribution in [0.1, 0.15) is 18.9 Å². The van der Waals surface area contributed by atoms with Gasteiger partial charge in [-0.1, -0.05) is 6.07 Å². The van der Waals surface area contributed by atoms with Crippen molar-refractivity contribution in [3.8, 4) is 0 Å². The molecule has 1 unspecified atom stereocenters. The van der Waals surface area contributed by atoms with Gasteiger partial charge in [0.05, 0.1) is 6.42 Å². The molecule has 0 aromatic heterocycles. The fourth-order valence-corrected chi connectivity index (χ4v) is 1.34. The number of benzene rings is 1. The minimum Gasteiger partial charge on any atom is -0.356 e. The summed E-state index contributed by atoms with van der Waals surface area (Å²) in [6.45, 7) is 2.30. The first-order valence-corrected chi connectivity index (χ1v) is 5.45. The summed E-state index contributed by atoms with van der Waals surface area (Å²) in [5.41, 5.74) is 5.70. The summed E-state index contributed by atoms with van der Waals surface area (Å²) in [4.78, 5) is 11.4. The maximum absolute atomic E-state index is 13.2. The van der Waals surface area contributed by atoms with E-state index in [4.69, 9.17) is 5.73 Å². The van der Waals surface area contributed by atoms with E-state index in [9.17, 15) is 13.6 Å². The van der Waals surface area contributed by atoms with Gasteiger partial charge in [-0.05, 0) is 25.0 Å². The second-order valence-corrected chi connectivity index (χ2v) is 4.03. The molecule has 1 atom stereocenters. The molecule has 0 heterocycles. The Morgan fingerprint density at radius 2 is 2.11 bits per heavy atom. The summed E-state index contributed by atoms with van der Waals surface area (Å²) in [5, 5.41) is 2.62. The van der Waals surface area contributed by atoms with E-state index in [1.165, 1.54) is 6.07 Å². The Labute approximate surface area is 111 Å². The summed E-state index contributed by atoms with van der Waals surface area (Å²) in [7, 11) is 0. The first-order valence-electron chi connectivity index (χ1n) is 5.45. The highest BCUT2D eigenvalue weighted by molar-refractivity contribution is 5.85. The third-order valence-corrected chi connectivity index (χ3v) is 2.29. The molecule has 1 amide bonds. The van der Waals surface area contributed by atoms with Gasteiger partial charge in [-0.3, -0.25) is 4.79 Å². The van der Waals surface area contributed by atoms with Crippen LogP contribution in [0, 0.1) is 11.6 Å². The predicted molar refractivity (Wildman–Crippen MR) is 68.6 cm³/mol. The molecule has 6 heteroatoms. The molecule has 0 spiro atoms. The number of nitrogens with two attached hydrogens (primary N) is 1. The lowest BCUT2D eigenvalue weighted by molar-refractivity contribution is -0.120. The van der Waals surface area contributed by atoms with Crippen LogP contribution in [0.15, 0.2) is 18.2 Å². The summed E-state index contributed by atoms with van der Waals surface area (Å²) in [5.74, 6) is -1.65. The lowest BCUT2D eigenvalue weighted by Gasteiger charge is -2.07. The Morgan fingerprint density at radius 1 is 1.44 bits per heavy atom. The van der Waals surface area contributed by atoms with Crippen LogP contribution in [0.3, 0.4) is 0 Å². The molecule has 18 heavy (non-hydrogen) atoms. The predicted octanol–water partition coefficient (Wildman–Crippen LogP) is 1.78. The normalized spacial score (nSPS) is 11.6. The van der Waals surface area contributed by atoms with Crippen LogP contribution >= 0.6 is 12.4 Å². The topological polar surface area (TPSA) is 55.1 Å². The number of hydrogen-bond acceptors (Lipinski definition) is 2. The minimum atomic E-state index is -0.702. The molecular formula is C12H17ClF2N2O. The van der Waals surface area contributed by atoms with E-state index < -0.39 is 11.6 Å². The third kappa shape index (κ3) is 5.93. The van der Waals surface area contributed by atoms with Crippen molar-refractivity contribution in [1.82, 2.24) is 5.32 Å². The van der Waals surface area contributed by atoms with Crippen LogP contribution in [0.4, 0.5) is 8.78 Å². The second kappa shape index (κ2) is 8.00. The Balaban J connectivity index is 0.00000289. The van der Waals surface area contributed by atoms with E-state index in [2.05, 4.69) is 5.32 Å². The molecular weight excluding hydrogens is 262 g/mol. The van der Waals surface area contributed by atoms with Gasteiger partial charge in [-0.25, -0.2) is 8.78 Å². The van der Waals surface area contributed by atoms with Crippen molar-refractivity contribution in [2.24, 2.45) is 5.73 Å². The number of nitrogens with one attached hydrogen (secondary N) is 1. The maximum atomic E-state index is 13.2. The Hall–Kier alpha value is -1.20. The average molecular weight is 279 g/mol. The fraction of sp³-hybridized carbons (Fsp3) is 0.417. The first-order chi connectivity index (χ1) is 7.99. The summed E-state index contributed by atoms with van der Waals surface area (Å²) >= 11 is 0. The highest BCUT2D eigenvalue weighted by atomic mass is 35.5. The van der Waals surface area contributed by atoms with Gasteiger partial charge >= 0.3 is 0 Å². The molecule has 0 fully saturated rings. The smallest absolute Gasteiger partial charge is 0.224 e. The van der Waals surface area contributed by atoms with Crippen molar-refractivity contribution >= 4 is 18.3 Å². The average Bonchev–Trinajstić information content (AvgIpc) is 2.21. The van der Waals surface area contributed by atoms with E-state index >= 15 is 0 Å². The summed E-state index contributed by atoms with van der Waals surface area (Å²) < 4.78 is 25.8. The molecule has 0 saturated heterocycles. The zero-order chi connectivity index (χ0) is 12.8. The number of amides is 1. The van der Waals surface area contributed by atoms with Crippen LogP contribution in [0.5, 0.6) is 0 Å². The van der Waals surface area contributed by atoms with Crippen LogP contribution in [-0.2, 0) is 11.2 Å². The Kier molecular flexibility index (Phi) is 7.47. The number of rotatable bonds is 5. The maximum Gasteiger partial charge on any atom is 0.224 e. The van der Waals surface area contributed by atoms with Crippen molar-refractivity contribution in [1.29, 1.82) is 0 Å². The van der Waals surface area contributed by atoms with Crippen LogP contribution in [0.25, 0.3) is 0 Å². The first kappa shape index (κ1) is 16.8. The van der Waals surface area contributed by atoms with Gasteiger partial charge in [-0.2, -0.15) is 0 Å². The molecule has 0 saturated carbocycles. The molecule has 3 nitrogen and oxygen atoms in total. The lowest BCUT2D eigenvalue weighted by Crippen LogP contribution is -2.30. The van der Waals surface area contributed by atoms with Crippen LogP contribution in [-0.4, -0.2) is 18.5 Å². The largest absolute Gasteiger partial charge is 0.356 e. The highest BCUT2D eigenvalue weighted by Crippen LogP contribution is 2.09. The number of carbonyl (C=O) groups is 1. The zero-order valence-electron chi connectivity index (χ0n) is 10.1. The third-order valence-electron chi connectivity index (χ3n) is 2.29. The van der Waals surface area contributed by atoms with E-state index in [0.717, 1.165) is 12.1 Å². The van der Waals surface area contributed by atoms with Crippen LogP contribution in [0.2, 0.25) is 0 Å². The molecule has 1 aromatic carbocycles. The van der Waals surface area contributed by atoms with E-state index in [1.807, 2.05) is 6.92 Å². The van der Waals surface area contributed by atoms with Gasteiger partial charge in [0, 0.05) is 18.7 Å². The van der Waals surface area contributed by atoms with Crippen LogP contribution < -0.4 is 11.1 Å². The lowest BCUT2D eigenvalue weighted by atomic mass is 10.1. The second-order valence-electron chi connectivity index (χ2n) is 4.03. The van der Waals surface area contributed by atoms with Crippen molar-refractivity contribution in [2.75, 3.05) is 6.54 Å². The molecule has 0 aliphatic rings. The monoisotopic (exact) mass is 278 g/mol. The SMILES string of the molecule is CC(N)CCNC(=O)Cc1ccc(F)cc1F.Cl. The molecule has 0 aliphatic carbocycles. The molecule has 1 rings (SSSR count). The quantitative estimate of drug-likeness (QED) is 0.863. The van der Waals surface area contributed by atoms with Gasteiger partial charge in [0.1, 0.15) is 11.6 Å². The standard InChI is InChI=1S/C12H16F2N2O.ClH/c1-8(15)4-5-16-12(17)6-9-2-3-10(13)7-11(9)14;/h2-3,7-8H,4-6,15H2,1H3,(H,16,17);1H. The van der Waals surface area contributed by atoms with Gasteiger partial charge in [0.25, 0.3) is 0 Å². The van der Waals surface area contributed by atoms with Gasteiger partial charge in [0.15, 0.2) is 0 Å². The molecule has 3 N–H and O–H groups in total. The minimum absolute atomic E-state index is 0. The van der Waals surface area contributed by atoms with E-state index in [-0.39, 0.29) is 36.3 Å².